The van der Waals surface area contributed by atoms with Crippen LogP contribution in [0.4, 0.5) is 5.69 Å². The molecule has 0 saturated carbocycles. The Morgan fingerprint density at radius 2 is 1.78 bits per heavy atom. The Kier molecular flexibility index (Phi) is 3.51. The highest BCUT2D eigenvalue weighted by atomic mass is 79.9. The van der Waals surface area contributed by atoms with E-state index in [9.17, 15) is 9.59 Å². The SMILES string of the molecule is CC1(C)NC(=O)CN(c2c(Br)cccc2Br)C1=O. The minimum Gasteiger partial charge on any atom is -0.341 e. The predicted octanol–water partition coefficient (Wildman–Crippen LogP) is 2.45. The van der Waals surface area contributed by atoms with Gasteiger partial charge in [-0.1, -0.05) is 6.07 Å². The molecular formula is C12H12Br2N2O2. The molecule has 1 aliphatic rings. The van der Waals surface area contributed by atoms with Gasteiger partial charge in [-0.15, -0.1) is 0 Å². The van der Waals surface area contributed by atoms with E-state index in [1.165, 1.54) is 4.90 Å². The van der Waals surface area contributed by atoms with Gasteiger partial charge in [0, 0.05) is 8.95 Å². The van der Waals surface area contributed by atoms with Crippen LogP contribution in [-0.2, 0) is 9.59 Å². The molecule has 4 nitrogen and oxygen atoms in total. The molecule has 1 saturated heterocycles. The predicted molar refractivity (Wildman–Crippen MR) is 76.4 cm³/mol. The molecule has 0 aliphatic carbocycles. The lowest BCUT2D eigenvalue weighted by atomic mass is 10.00. The Bertz CT molecular complexity index is 509. The van der Waals surface area contributed by atoms with Crippen molar-refractivity contribution in [3.63, 3.8) is 0 Å². The minimum atomic E-state index is -0.885. The van der Waals surface area contributed by atoms with Gasteiger partial charge in [0.2, 0.25) is 5.91 Å². The van der Waals surface area contributed by atoms with Crippen LogP contribution >= 0.6 is 31.9 Å². The van der Waals surface area contributed by atoms with Crippen molar-refractivity contribution in [1.82, 2.24) is 5.32 Å². The van der Waals surface area contributed by atoms with E-state index in [4.69, 9.17) is 0 Å². The monoisotopic (exact) mass is 374 g/mol. The number of carbonyl (C=O) groups is 2. The minimum absolute atomic E-state index is 0.0312. The fourth-order valence-corrected chi connectivity index (χ4v) is 3.35. The quantitative estimate of drug-likeness (QED) is 0.819. The Balaban J connectivity index is 2.50. The third-order valence-corrected chi connectivity index (χ3v) is 4.02. The molecule has 96 valence electrons. The Morgan fingerprint density at radius 1 is 1.22 bits per heavy atom. The fourth-order valence-electron chi connectivity index (χ4n) is 1.92. The molecule has 1 N–H and O–H groups in total. The molecule has 1 aromatic carbocycles. The zero-order valence-electron chi connectivity index (χ0n) is 9.96. The number of halogens is 2. The molecule has 0 unspecified atom stereocenters. The summed E-state index contributed by atoms with van der Waals surface area (Å²) in [4.78, 5) is 25.6. The van der Waals surface area contributed by atoms with Crippen LogP contribution in [0, 0.1) is 0 Å². The molecule has 0 atom stereocenters. The van der Waals surface area contributed by atoms with Crippen LogP contribution in [0.25, 0.3) is 0 Å². The number of benzene rings is 1. The van der Waals surface area contributed by atoms with Gasteiger partial charge >= 0.3 is 0 Å². The summed E-state index contributed by atoms with van der Waals surface area (Å²) in [5.41, 5.74) is -0.199. The van der Waals surface area contributed by atoms with E-state index in [-0.39, 0.29) is 18.4 Å². The van der Waals surface area contributed by atoms with E-state index in [0.717, 1.165) is 8.95 Å². The Labute approximate surface area is 122 Å². The van der Waals surface area contributed by atoms with Gasteiger partial charge < -0.3 is 5.32 Å². The first-order valence-corrected chi connectivity index (χ1v) is 6.98. The fraction of sp³-hybridized carbons (Fsp3) is 0.333. The van der Waals surface area contributed by atoms with Crippen LogP contribution in [0.15, 0.2) is 27.1 Å². The summed E-state index contributed by atoms with van der Waals surface area (Å²) in [7, 11) is 0. The van der Waals surface area contributed by atoms with Crippen molar-refractivity contribution in [2.75, 3.05) is 11.4 Å². The lowest BCUT2D eigenvalue weighted by Crippen LogP contribution is -2.64. The molecule has 2 rings (SSSR count). The maximum Gasteiger partial charge on any atom is 0.252 e. The van der Waals surface area contributed by atoms with Crippen molar-refractivity contribution in [3.8, 4) is 0 Å². The summed E-state index contributed by atoms with van der Waals surface area (Å²) < 4.78 is 1.55. The van der Waals surface area contributed by atoms with Crippen LogP contribution in [0.5, 0.6) is 0 Å². The van der Waals surface area contributed by atoms with Crippen molar-refractivity contribution >= 4 is 49.4 Å². The second-order valence-electron chi connectivity index (χ2n) is 4.63. The third-order valence-electron chi connectivity index (χ3n) is 2.74. The van der Waals surface area contributed by atoms with Crippen molar-refractivity contribution in [2.24, 2.45) is 0 Å². The number of nitrogens with one attached hydrogen (secondary N) is 1. The summed E-state index contributed by atoms with van der Waals surface area (Å²) in [6, 6.07) is 5.54. The molecule has 18 heavy (non-hydrogen) atoms. The van der Waals surface area contributed by atoms with E-state index in [0.29, 0.717) is 5.69 Å². The number of hydrogen-bond acceptors (Lipinski definition) is 2. The maximum atomic E-state index is 12.4. The van der Waals surface area contributed by atoms with Crippen molar-refractivity contribution < 1.29 is 9.59 Å². The van der Waals surface area contributed by atoms with Crippen LogP contribution in [0.3, 0.4) is 0 Å². The first-order valence-electron chi connectivity index (χ1n) is 5.40. The molecule has 2 amide bonds. The van der Waals surface area contributed by atoms with Crippen molar-refractivity contribution in [2.45, 2.75) is 19.4 Å². The van der Waals surface area contributed by atoms with Gasteiger partial charge in [0.05, 0.1) is 5.69 Å². The zero-order chi connectivity index (χ0) is 13.5. The summed E-state index contributed by atoms with van der Waals surface area (Å²) >= 11 is 6.82. The molecule has 0 spiro atoms. The number of anilines is 1. The highest BCUT2D eigenvalue weighted by Gasteiger charge is 2.40. The number of amides is 2. The van der Waals surface area contributed by atoms with E-state index in [1.807, 2.05) is 18.2 Å². The molecule has 6 heteroatoms. The van der Waals surface area contributed by atoms with Gasteiger partial charge in [-0.3, -0.25) is 14.5 Å². The molecule has 1 fully saturated rings. The number of rotatable bonds is 1. The number of para-hydroxylation sites is 1. The second-order valence-corrected chi connectivity index (χ2v) is 6.34. The van der Waals surface area contributed by atoms with E-state index < -0.39 is 5.54 Å². The lowest BCUT2D eigenvalue weighted by molar-refractivity contribution is -0.134. The van der Waals surface area contributed by atoms with Crippen LogP contribution < -0.4 is 10.2 Å². The summed E-state index contributed by atoms with van der Waals surface area (Å²) in [6.45, 7) is 3.43. The Morgan fingerprint density at radius 3 is 2.33 bits per heavy atom. The average Bonchev–Trinajstić information content (AvgIpc) is 2.24. The van der Waals surface area contributed by atoms with Crippen molar-refractivity contribution in [1.29, 1.82) is 0 Å². The topological polar surface area (TPSA) is 49.4 Å². The highest BCUT2D eigenvalue weighted by molar-refractivity contribution is 9.11. The van der Waals surface area contributed by atoms with Gasteiger partial charge in [-0.05, 0) is 57.8 Å². The maximum absolute atomic E-state index is 12.4. The van der Waals surface area contributed by atoms with Gasteiger partial charge in [-0.25, -0.2) is 0 Å². The van der Waals surface area contributed by atoms with Crippen LogP contribution in [0.1, 0.15) is 13.8 Å². The van der Waals surface area contributed by atoms with E-state index in [2.05, 4.69) is 37.2 Å². The van der Waals surface area contributed by atoms with Gasteiger partial charge in [0.15, 0.2) is 0 Å². The summed E-state index contributed by atoms with van der Waals surface area (Å²) in [6.07, 6.45) is 0. The van der Waals surface area contributed by atoms with E-state index >= 15 is 0 Å². The third kappa shape index (κ3) is 2.31. The summed E-state index contributed by atoms with van der Waals surface area (Å²) in [5.74, 6) is -0.294. The molecule has 0 radical (unpaired) electrons. The van der Waals surface area contributed by atoms with Crippen LogP contribution in [-0.4, -0.2) is 23.9 Å². The number of hydrogen-bond donors (Lipinski definition) is 1. The second kappa shape index (κ2) is 4.66. The number of piperazine rings is 1. The number of nitrogens with zero attached hydrogens (tertiary/aromatic N) is 1. The van der Waals surface area contributed by atoms with Crippen molar-refractivity contribution in [3.05, 3.63) is 27.1 Å². The van der Waals surface area contributed by atoms with E-state index in [1.54, 1.807) is 13.8 Å². The first-order chi connectivity index (χ1) is 8.33. The standard InChI is InChI=1S/C12H12Br2N2O2/c1-12(2)11(18)16(6-9(17)15-12)10-7(13)4-3-5-8(10)14/h3-5H,6H2,1-2H3,(H,15,17). The molecular weight excluding hydrogens is 364 g/mol. The average molecular weight is 376 g/mol. The summed E-state index contributed by atoms with van der Waals surface area (Å²) in [5, 5.41) is 2.68. The van der Waals surface area contributed by atoms with Crippen LogP contribution in [0.2, 0.25) is 0 Å². The van der Waals surface area contributed by atoms with Gasteiger partial charge in [0.25, 0.3) is 5.91 Å². The molecule has 0 bridgehead atoms. The van der Waals surface area contributed by atoms with Gasteiger partial charge in [0.1, 0.15) is 12.1 Å². The highest BCUT2D eigenvalue weighted by Crippen LogP contribution is 2.35. The molecule has 1 heterocycles. The first kappa shape index (κ1) is 13.5. The zero-order valence-corrected chi connectivity index (χ0v) is 13.1. The lowest BCUT2D eigenvalue weighted by Gasteiger charge is -2.38. The normalized spacial score (nSPS) is 18.8. The Hall–Kier alpha value is -0.880. The molecule has 1 aromatic rings. The molecule has 1 aliphatic heterocycles. The number of carbonyl (C=O) groups excluding carboxylic acids is 2. The smallest absolute Gasteiger partial charge is 0.252 e. The van der Waals surface area contributed by atoms with Gasteiger partial charge in [-0.2, -0.15) is 0 Å². The largest absolute Gasteiger partial charge is 0.341 e. The molecule has 0 aromatic heterocycles.